The lowest BCUT2D eigenvalue weighted by molar-refractivity contribution is -0.274. The van der Waals surface area contributed by atoms with Gasteiger partial charge in [0.15, 0.2) is 0 Å². The molecule has 0 bridgehead atoms. The van der Waals surface area contributed by atoms with Crippen molar-refractivity contribution >= 4 is 5.95 Å². The van der Waals surface area contributed by atoms with E-state index in [1.54, 1.807) is 12.4 Å². The van der Waals surface area contributed by atoms with Gasteiger partial charge in [0.1, 0.15) is 5.75 Å². The summed E-state index contributed by atoms with van der Waals surface area (Å²) in [5.41, 5.74) is 2.56. The first-order chi connectivity index (χ1) is 12.4. The Morgan fingerprint density at radius 3 is 2.08 bits per heavy atom. The maximum atomic E-state index is 12.2. The molecular weight excluding hydrogens is 343 g/mol. The van der Waals surface area contributed by atoms with E-state index in [0.717, 1.165) is 5.56 Å². The maximum absolute atomic E-state index is 12.2. The minimum absolute atomic E-state index is 0.263. The molecule has 0 aliphatic heterocycles. The Morgan fingerprint density at radius 1 is 0.885 bits per heavy atom. The number of rotatable bonds is 5. The van der Waals surface area contributed by atoms with Gasteiger partial charge in [-0.15, -0.1) is 13.2 Å². The summed E-state index contributed by atoms with van der Waals surface area (Å²) in [7, 11) is 1.89. The Bertz CT molecular complexity index is 835. The van der Waals surface area contributed by atoms with Crippen molar-refractivity contribution in [3.8, 4) is 16.9 Å². The van der Waals surface area contributed by atoms with Crippen LogP contribution in [0.25, 0.3) is 11.1 Å². The number of anilines is 1. The summed E-state index contributed by atoms with van der Waals surface area (Å²) in [5.74, 6) is 0.302. The number of hydrogen-bond donors (Lipinski definition) is 0. The Kier molecular flexibility index (Phi) is 5.06. The molecule has 0 aliphatic rings. The molecule has 134 valence electrons. The molecule has 0 unspecified atom stereocenters. The minimum atomic E-state index is -4.70. The van der Waals surface area contributed by atoms with E-state index in [1.807, 2.05) is 42.3 Å². The van der Waals surface area contributed by atoms with Crippen molar-refractivity contribution in [2.24, 2.45) is 0 Å². The molecule has 3 aromatic rings. The van der Waals surface area contributed by atoms with Crippen LogP contribution in [0.5, 0.6) is 5.75 Å². The van der Waals surface area contributed by atoms with E-state index < -0.39 is 6.36 Å². The molecule has 0 N–H and O–H groups in total. The SMILES string of the molecule is CN(Cc1ccccc1)c1ncc(-c2ccc(OC(F)(F)F)cc2)cn1. The number of hydrogen-bond acceptors (Lipinski definition) is 4. The topological polar surface area (TPSA) is 38.2 Å². The lowest BCUT2D eigenvalue weighted by Gasteiger charge is -2.17. The smallest absolute Gasteiger partial charge is 0.406 e. The summed E-state index contributed by atoms with van der Waals surface area (Å²) in [6.07, 6.45) is -1.41. The molecule has 0 amide bonds. The third-order valence-corrected chi connectivity index (χ3v) is 3.66. The van der Waals surface area contributed by atoms with Crippen LogP contribution in [0, 0.1) is 0 Å². The molecule has 4 nitrogen and oxygen atoms in total. The standard InChI is InChI=1S/C19H16F3N3O/c1-25(13-14-5-3-2-4-6-14)18-23-11-16(12-24-18)15-7-9-17(10-8-15)26-19(20,21)22/h2-12H,13H2,1H3. The summed E-state index contributed by atoms with van der Waals surface area (Å²) in [5, 5.41) is 0. The number of alkyl halides is 3. The van der Waals surface area contributed by atoms with Crippen LogP contribution in [0.2, 0.25) is 0 Å². The highest BCUT2D eigenvalue weighted by Gasteiger charge is 2.30. The van der Waals surface area contributed by atoms with Crippen LogP contribution < -0.4 is 9.64 Å². The summed E-state index contributed by atoms with van der Waals surface area (Å²) < 4.78 is 40.4. The molecule has 7 heteroatoms. The van der Waals surface area contributed by atoms with Crippen molar-refractivity contribution in [1.29, 1.82) is 0 Å². The average Bonchev–Trinajstić information content (AvgIpc) is 2.62. The van der Waals surface area contributed by atoms with Gasteiger partial charge in [0, 0.05) is 31.5 Å². The van der Waals surface area contributed by atoms with E-state index in [2.05, 4.69) is 14.7 Å². The predicted octanol–water partition coefficient (Wildman–Crippen LogP) is 4.68. The average molecular weight is 359 g/mol. The van der Waals surface area contributed by atoms with Crippen molar-refractivity contribution in [2.75, 3.05) is 11.9 Å². The van der Waals surface area contributed by atoms with Crippen LogP contribution >= 0.6 is 0 Å². The number of halogens is 3. The van der Waals surface area contributed by atoms with Crippen molar-refractivity contribution in [3.05, 3.63) is 72.6 Å². The van der Waals surface area contributed by atoms with Gasteiger partial charge in [-0.1, -0.05) is 42.5 Å². The molecule has 0 radical (unpaired) electrons. The molecule has 0 aliphatic carbocycles. The van der Waals surface area contributed by atoms with Gasteiger partial charge in [0.25, 0.3) is 0 Å². The van der Waals surface area contributed by atoms with Crippen LogP contribution in [0.3, 0.4) is 0 Å². The van der Waals surface area contributed by atoms with Crippen molar-refractivity contribution in [2.45, 2.75) is 12.9 Å². The fourth-order valence-corrected chi connectivity index (χ4v) is 2.44. The fourth-order valence-electron chi connectivity index (χ4n) is 2.44. The first kappa shape index (κ1) is 17.7. The first-order valence-electron chi connectivity index (χ1n) is 7.84. The number of nitrogens with zero attached hydrogens (tertiary/aromatic N) is 3. The lowest BCUT2D eigenvalue weighted by atomic mass is 10.1. The molecular formula is C19H16F3N3O. The van der Waals surface area contributed by atoms with E-state index in [9.17, 15) is 13.2 Å². The van der Waals surface area contributed by atoms with Gasteiger partial charge in [0.05, 0.1) is 0 Å². The third-order valence-electron chi connectivity index (χ3n) is 3.66. The van der Waals surface area contributed by atoms with Gasteiger partial charge in [-0.25, -0.2) is 9.97 Å². The van der Waals surface area contributed by atoms with Gasteiger partial charge >= 0.3 is 6.36 Å². The Balaban J connectivity index is 1.69. The summed E-state index contributed by atoms with van der Waals surface area (Å²) in [6.45, 7) is 0.670. The van der Waals surface area contributed by atoms with Crippen LogP contribution in [-0.2, 0) is 6.54 Å². The summed E-state index contributed by atoms with van der Waals surface area (Å²) >= 11 is 0. The van der Waals surface area contributed by atoms with Gasteiger partial charge in [-0.2, -0.15) is 0 Å². The van der Waals surface area contributed by atoms with Crippen molar-refractivity contribution < 1.29 is 17.9 Å². The number of ether oxygens (including phenoxy) is 1. The number of aromatic nitrogens is 2. The normalized spacial score (nSPS) is 11.2. The minimum Gasteiger partial charge on any atom is -0.406 e. The van der Waals surface area contributed by atoms with Crippen molar-refractivity contribution in [1.82, 2.24) is 9.97 Å². The van der Waals surface area contributed by atoms with Gasteiger partial charge in [-0.3, -0.25) is 0 Å². The largest absolute Gasteiger partial charge is 0.573 e. The molecule has 2 aromatic carbocycles. The molecule has 0 atom stereocenters. The second-order valence-electron chi connectivity index (χ2n) is 5.69. The predicted molar refractivity (Wildman–Crippen MR) is 92.7 cm³/mol. The zero-order valence-corrected chi connectivity index (χ0v) is 13.9. The van der Waals surface area contributed by atoms with Gasteiger partial charge in [0.2, 0.25) is 5.95 Å². The molecule has 0 saturated heterocycles. The van der Waals surface area contributed by atoms with E-state index in [0.29, 0.717) is 23.6 Å². The van der Waals surface area contributed by atoms with Crippen LogP contribution in [0.15, 0.2) is 67.0 Å². The fraction of sp³-hybridized carbons (Fsp3) is 0.158. The summed E-state index contributed by atoms with van der Waals surface area (Å²) in [6, 6.07) is 15.5. The highest BCUT2D eigenvalue weighted by molar-refractivity contribution is 5.62. The van der Waals surface area contributed by atoms with Crippen LogP contribution in [-0.4, -0.2) is 23.4 Å². The van der Waals surface area contributed by atoms with E-state index in [-0.39, 0.29) is 5.75 Å². The zero-order chi connectivity index (χ0) is 18.6. The second-order valence-corrected chi connectivity index (χ2v) is 5.69. The van der Waals surface area contributed by atoms with E-state index in [1.165, 1.54) is 24.3 Å². The Labute approximate surface area is 148 Å². The van der Waals surface area contributed by atoms with Crippen LogP contribution in [0.4, 0.5) is 19.1 Å². The lowest BCUT2D eigenvalue weighted by Crippen LogP contribution is -2.18. The molecule has 0 spiro atoms. The summed E-state index contributed by atoms with van der Waals surface area (Å²) in [4.78, 5) is 10.6. The Hall–Kier alpha value is -3.09. The molecule has 0 saturated carbocycles. The first-order valence-corrected chi connectivity index (χ1v) is 7.84. The van der Waals surface area contributed by atoms with Gasteiger partial charge < -0.3 is 9.64 Å². The monoisotopic (exact) mass is 359 g/mol. The zero-order valence-electron chi connectivity index (χ0n) is 13.9. The molecule has 1 heterocycles. The highest BCUT2D eigenvalue weighted by atomic mass is 19.4. The quantitative estimate of drug-likeness (QED) is 0.663. The van der Waals surface area contributed by atoms with E-state index in [4.69, 9.17) is 0 Å². The number of benzene rings is 2. The van der Waals surface area contributed by atoms with E-state index >= 15 is 0 Å². The molecule has 3 rings (SSSR count). The molecule has 26 heavy (non-hydrogen) atoms. The third kappa shape index (κ3) is 4.72. The van der Waals surface area contributed by atoms with Crippen molar-refractivity contribution in [3.63, 3.8) is 0 Å². The second kappa shape index (κ2) is 7.43. The highest BCUT2D eigenvalue weighted by Crippen LogP contribution is 2.26. The van der Waals surface area contributed by atoms with Crippen LogP contribution in [0.1, 0.15) is 5.56 Å². The van der Waals surface area contributed by atoms with Gasteiger partial charge in [-0.05, 0) is 23.3 Å². The maximum Gasteiger partial charge on any atom is 0.573 e. The molecule has 1 aromatic heterocycles. The molecule has 0 fully saturated rings. The Morgan fingerprint density at radius 2 is 1.50 bits per heavy atom.